The number of carbonyl (C=O) groups excluding carboxylic acids is 1. The number of phenols is 1. The van der Waals surface area contributed by atoms with Crippen molar-refractivity contribution in [2.24, 2.45) is 0 Å². The van der Waals surface area contributed by atoms with Crippen LogP contribution in [0.25, 0.3) is 0 Å². The van der Waals surface area contributed by atoms with E-state index in [1.165, 1.54) is 0 Å². The Morgan fingerprint density at radius 3 is 2.19 bits per heavy atom. The molecule has 0 atom stereocenters. The van der Waals surface area contributed by atoms with Gasteiger partial charge in [-0.25, -0.2) is 0 Å². The number of ketones is 1. The van der Waals surface area contributed by atoms with Gasteiger partial charge in [0.05, 0.1) is 8.95 Å². The van der Waals surface area contributed by atoms with E-state index >= 15 is 0 Å². The lowest BCUT2D eigenvalue weighted by molar-refractivity contribution is -0.134. The van der Waals surface area contributed by atoms with Gasteiger partial charge >= 0.3 is 5.97 Å². The normalized spacial score (nSPS) is 10.6. The molecule has 3 aromatic rings. The number of hydrogen-bond acceptors (Lipinski definition) is 5. The van der Waals surface area contributed by atoms with Gasteiger partial charge in [0.15, 0.2) is 11.5 Å². The predicted molar refractivity (Wildman–Crippen MR) is 130 cm³/mol. The Kier molecular flexibility index (Phi) is 7.58. The predicted octanol–water partition coefficient (Wildman–Crippen LogP) is 6.25. The van der Waals surface area contributed by atoms with E-state index in [1.807, 2.05) is 12.1 Å². The number of rotatable bonds is 8. The van der Waals surface area contributed by atoms with Gasteiger partial charge in [0, 0.05) is 17.7 Å². The highest BCUT2D eigenvalue weighted by atomic mass is 79.9. The minimum Gasteiger partial charge on any atom is -0.507 e. The number of hydrogen-bond donors (Lipinski definition) is 3. The molecule has 3 rings (SSSR count). The number of Topliss-reactive ketones (excluding diaryl/α,β-unsaturated/α-hetero) is 1. The number of carbonyl (C=O) groups is 2. The largest absolute Gasteiger partial charge is 0.507 e. The number of aliphatic carboxylic acids is 1. The van der Waals surface area contributed by atoms with E-state index < -0.39 is 5.97 Å². The Morgan fingerprint density at radius 2 is 1.59 bits per heavy atom. The number of benzene rings is 3. The molecule has 0 fully saturated rings. The Labute approximate surface area is 202 Å². The van der Waals surface area contributed by atoms with Crippen LogP contribution in [-0.4, -0.2) is 28.5 Å². The van der Waals surface area contributed by atoms with Gasteiger partial charge < -0.3 is 20.3 Å². The molecule has 0 saturated heterocycles. The molecule has 6 nitrogen and oxygen atoms in total. The zero-order valence-corrected chi connectivity index (χ0v) is 20.6. The molecular formula is C24H21Br2NO5. The summed E-state index contributed by atoms with van der Waals surface area (Å²) in [5.41, 5.74) is 3.09. The zero-order valence-electron chi connectivity index (χ0n) is 17.4. The van der Waals surface area contributed by atoms with Gasteiger partial charge in [-0.2, -0.15) is 0 Å². The van der Waals surface area contributed by atoms with E-state index in [0.29, 0.717) is 42.8 Å². The van der Waals surface area contributed by atoms with Crippen LogP contribution >= 0.6 is 31.9 Å². The summed E-state index contributed by atoms with van der Waals surface area (Å²) in [7, 11) is 0. The van der Waals surface area contributed by atoms with E-state index in [2.05, 4.69) is 37.2 Å². The fourth-order valence-corrected chi connectivity index (χ4v) is 4.68. The lowest BCUT2D eigenvalue weighted by atomic mass is 10.0. The molecule has 0 aliphatic heterocycles. The number of aryl methyl sites for hydroxylation is 2. The van der Waals surface area contributed by atoms with Crippen molar-refractivity contribution >= 4 is 49.3 Å². The first-order valence-electron chi connectivity index (χ1n) is 9.69. The quantitative estimate of drug-likeness (QED) is 0.281. The molecule has 0 aromatic heterocycles. The molecule has 0 spiro atoms. The summed E-state index contributed by atoms with van der Waals surface area (Å²) in [6.45, 7) is 3.33. The molecule has 0 unspecified atom stereocenters. The highest BCUT2D eigenvalue weighted by molar-refractivity contribution is 9.11. The average Bonchev–Trinajstić information content (AvgIpc) is 2.73. The second-order valence-electron chi connectivity index (χ2n) is 7.29. The van der Waals surface area contributed by atoms with Gasteiger partial charge in [0.25, 0.3) is 0 Å². The summed E-state index contributed by atoms with van der Waals surface area (Å²) in [6.07, 6.45) is 0.126. The third kappa shape index (κ3) is 5.69. The summed E-state index contributed by atoms with van der Waals surface area (Å²) in [6, 6.07) is 14.0. The molecule has 0 aliphatic rings. The maximum Gasteiger partial charge on any atom is 0.322 e. The summed E-state index contributed by atoms with van der Waals surface area (Å²) in [4.78, 5) is 23.8. The molecule has 3 aromatic carbocycles. The number of aromatic hydroxyl groups is 1. The van der Waals surface area contributed by atoms with Crippen LogP contribution in [0.3, 0.4) is 0 Å². The maximum absolute atomic E-state index is 12.9. The van der Waals surface area contributed by atoms with Crippen LogP contribution in [0.15, 0.2) is 57.5 Å². The minimum atomic E-state index is -1.00. The van der Waals surface area contributed by atoms with Gasteiger partial charge in [-0.15, -0.1) is 0 Å². The molecule has 0 saturated carbocycles. The SMILES string of the molecule is Cc1cc(Oc2c(Br)cc(CC(=O)c3ccccc3NCC(=O)O)cc2Br)cc(C)c1O. The van der Waals surface area contributed by atoms with Crippen molar-refractivity contribution < 1.29 is 24.5 Å². The highest BCUT2D eigenvalue weighted by Gasteiger charge is 2.16. The minimum absolute atomic E-state index is 0.126. The van der Waals surface area contributed by atoms with Crippen molar-refractivity contribution in [3.63, 3.8) is 0 Å². The summed E-state index contributed by atoms with van der Waals surface area (Å²) in [5.74, 6) is 0.226. The van der Waals surface area contributed by atoms with Crippen LogP contribution in [0.1, 0.15) is 27.0 Å². The smallest absolute Gasteiger partial charge is 0.322 e. The third-order valence-corrected chi connectivity index (χ3v) is 5.94. The van der Waals surface area contributed by atoms with Crippen LogP contribution < -0.4 is 10.1 Å². The zero-order chi connectivity index (χ0) is 23.4. The monoisotopic (exact) mass is 561 g/mol. The van der Waals surface area contributed by atoms with Crippen molar-refractivity contribution in [3.8, 4) is 17.2 Å². The van der Waals surface area contributed by atoms with E-state index in [1.54, 1.807) is 50.2 Å². The lowest BCUT2D eigenvalue weighted by Crippen LogP contribution is -2.15. The number of phenolic OH excluding ortho intramolecular Hbond substituents is 1. The molecular weight excluding hydrogens is 542 g/mol. The maximum atomic E-state index is 12.9. The van der Waals surface area contributed by atoms with E-state index in [-0.39, 0.29) is 24.5 Å². The fraction of sp³-hybridized carbons (Fsp3) is 0.167. The second-order valence-corrected chi connectivity index (χ2v) is 9.00. The van der Waals surface area contributed by atoms with Gasteiger partial charge in [-0.05, 0) is 98.8 Å². The highest BCUT2D eigenvalue weighted by Crippen LogP contribution is 2.39. The number of anilines is 1. The molecule has 0 aliphatic carbocycles. The second kappa shape index (κ2) is 10.2. The number of nitrogens with one attached hydrogen (secondary N) is 1. The number of para-hydroxylation sites is 1. The van der Waals surface area contributed by atoms with Crippen molar-refractivity contribution in [2.75, 3.05) is 11.9 Å². The number of carboxylic acid groups (broad SMARTS) is 1. The summed E-state index contributed by atoms with van der Waals surface area (Å²) >= 11 is 7.03. The van der Waals surface area contributed by atoms with Crippen molar-refractivity contribution in [2.45, 2.75) is 20.3 Å². The Hall–Kier alpha value is -2.84. The number of ether oxygens (including phenoxy) is 1. The van der Waals surface area contributed by atoms with Gasteiger partial charge in [-0.3, -0.25) is 9.59 Å². The molecule has 8 heteroatoms. The van der Waals surface area contributed by atoms with Crippen LogP contribution in [0.4, 0.5) is 5.69 Å². The van der Waals surface area contributed by atoms with E-state index in [0.717, 1.165) is 5.56 Å². The standard InChI is InChI=1S/C24H21Br2NO5/c1-13-7-16(8-14(2)23(13)31)32-24-18(25)9-15(10-19(24)26)11-21(28)17-5-3-4-6-20(17)27-12-22(29)30/h3-10,27,31H,11-12H2,1-2H3,(H,29,30). The summed E-state index contributed by atoms with van der Waals surface area (Å²) in [5, 5.41) is 21.6. The third-order valence-electron chi connectivity index (χ3n) is 4.76. The van der Waals surface area contributed by atoms with Gasteiger partial charge in [-0.1, -0.05) is 12.1 Å². The first-order valence-corrected chi connectivity index (χ1v) is 11.3. The molecule has 0 amide bonds. The Balaban J connectivity index is 1.81. The van der Waals surface area contributed by atoms with E-state index in [9.17, 15) is 14.7 Å². The first kappa shape index (κ1) is 23.8. The Morgan fingerprint density at radius 1 is 1.00 bits per heavy atom. The van der Waals surface area contributed by atoms with Crippen LogP contribution in [0.2, 0.25) is 0 Å². The van der Waals surface area contributed by atoms with Crippen molar-refractivity contribution in [3.05, 3.63) is 79.7 Å². The topological polar surface area (TPSA) is 95.9 Å². The van der Waals surface area contributed by atoms with Crippen LogP contribution in [0.5, 0.6) is 17.2 Å². The van der Waals surface area contributed by atoms with Gasteiger partial charge in [0.2, 0.25) is 0 Å². The first-order chi connectivity index (χ1) is 15.2. The van der Waals surface area contributed by atoms with Crippen LogP contribution in [0, 0.1) is 13.8 Å². The fourth-order valence-electron chi connectivity index (χ4n) is 3.24. The molecule has 32 heavy (non-hydrogen) atoms. The van der Waals surface area contributed by atoms with E-state index in [4.69, 9.17) is 9.84 Å². The number of carboxylic acids is 1. The van der Waals surface area contributed by atoms with Gasteiger partial charge in [0.1, 0.15) is 18.0 Å². The molecule has 0 bridgehead atoms. The van der Waals surface area contributed by atoms with Crippen molar-refractivity contribution in [1.82, 2.24) is 0 Å². The molecule has 0 heterocycles. The molecule has 3 N–H and O–H groups in total. The molecule has 166 valence electrons. The molecule has 0 radical (unpaired) electrons. The number of halogens is 2. The summed E-state index contributed by atoms with van der Waals surface area (Å²) < 4.78 is 7.34. The van der Waals surface area contributed by atoms with Crippen molar-refractivity contribution in [1.29, 1.82) is 0 Å². The van der Waals surface area contributed by atoms with Crippen LogP contribution in [-0.2, 0) is 11.2 Å². The average molecular weight is 563 g/mol. The lowest BCUT2D eigenvalue weighted by Gasteiger charge is -2.14. The Bertz CT molecular complexity index is 1150.